The molecular weight excluding hydrogens is 314 g/mol. The van der Waals surface area contributed by atoms with E-state index in [1.807, 2.05) is 11.7 Å². The first-order valence-electron chi connectivity index (χ1n) is 5.68. The number of nitrogens with one attached hydrogen (secondary N) is 1. The van der Waals surface area contributed by atoms with Crippen molar-refractivity contribution in [1.29, 1.82) is 0 Å². The summed E-state index contributed by atoms with van der Waals surface area (Å²) in [6, 6.07) is 2.05. The largest absolute Gasteiger partial charge is 0.383 e. The molecule has 0 aliphatic rings. The summed E-state index contributed by atoms with van der Waals surface area (Å²) >= 11 is 5.26. The Balaban J connectivity index is 2.13. The number of methoxy groups -OCH3 is 1. The molecular formula is C12H16BrN3OS. The summed E-state index contributed by atoms with van der Waals surface area (Å²) in [6.45, 7) is 2.37. The van der Waals surface area contributed by atoms with Gasteiger partial charge in [0.25, 0.3) is 0 Å². The zero-order valence-corrected chi connectivity index (χ0v) is 12.8. The third-order valence-corrected chi connectivity index (χ3v) is 4.38. The summed E-state index contributed by atoms with van der Waals surface area (Å²) in [6.07, 6.45) is 2.06. The monoisotopic (exact) mass is 329 g/mol. The van der Waals surface area contributed by atoms with E-state index in [9.17, 15) is 0 Å². The van der Waals surface area contributed by atoms with E-state index in [0.29, 0.717) is 0 Å². The Bertz CT molecular complexity index is 509. The fraction of sp³-hybridized carbons (Fsp3) is 0.417. The van der Waals surface area contributed by atoms with Gasteiger partial charge in [-0.1, -0.05) is 0 Å². The van der Waals surface area contributed by atoms with Gasteiger partial charge in [0.2, 0.25) is 0 Å². The number of hydrogen-bond donors (Lipinski definition) is 1. The number of halogens is 1. The minimum absolute atomic E-state index is 0.721. The lowest BCUT2D eigenvalue weighted by atomic mass is 10.2. The summed E-state index contributed by atoms with van der Waals surface area (Å²) in [5, 5.41) is 9.95. The number of aryl methyl sites for hydroxylation is 1. The van der Waals surface area contributed by atoms with Crippen LogP contribution >= 0.6 is 27.3 Å². The molecule has 4 nitrogen and oxygen atoms in total. The molecule has 18 heavy (non-hydrogen) atoms. The summed E-state index contributed by atoms with van der Waals surface area (Å²) in [5.74, 6) is 0. The topological polar surface area (TPSA) is 39.1 Å². The third-order valence-electron chi connectivity index (χ3n) is 2.54. The molecule has 2 rings (SSSR count). The molecule has 0 radical (unpaired) electrons. The molecule has 2 aromatic rings. The standard InChI is InChI=1S/C12H16BrN3OS/c1-16-8-9(7-14-4-5-17-2)11(15-16)12-10(13)3-6-18-12/h3,6,8,14H,4-5,7H2,1-2H3. The normalized spacial score (nSPS) is 11.1. The number of thiophene rings is 1. The first-order chi connectivity index (χ1) is 8.72. The van der Waals surface area contributed by atoms with Gasteiger partial charge in [0.05, 0.1) is 11.5 Å². The lowest BCUT2D eigenvalue weighted by Crippen LogP contribution is -2.18. The molecule has 0 aliphatic carbocycles. The van der Waals surface area contributed by atoms with Crippen molar-refractivity contribution >= 4 is 27.3 Å². The van der Waals surface area contributed by atoms with E-state index < -0.39 is 0 Å². The summed E-state index contributed by atoms with van der Waals surface area (Å²) in [4.78, 5) is 1.18. The van der Waals surface area contributed by atoms with E-state index >= 15 is 0 Å². The average Bonchev–Trinajstić information content (AvgIpc) is 2.91. The highest BCUT2D eigenvalue weighted by Crippen LogP contribution is 2.34. The highest BCUT2D eigenvalue weighted by Gasteiger charge is 2.13. The first kappa shape index (κ1) is 13.7. The Kier molecular flexibility index (Phi) is 4.94. The van der Waals surface area contributed by atoms with Crippen molar-refractivity contribution in [3.63, 3.8) is 0 Å². The quantitative estimate of drug-likeness (QED) is 0.828. The Hall–Kier alpha value is -0.690. The van der Waals surface area contributed by atoms with Gasteiger partial charge in [0, 0.05) is 43.5 Å². The van der Waals surface area contributed by atoms with Crippen LogP contribution in [0.2, 0.25) is 0 Å². The molecule has 0 saturated carbocycles. The van der Waals surface area contributed by atoms with Crippen molar-refractivity contribution < 1.29 is 4.74 Å². The van der Waals surface area contributed by atoms with Gasteiger partial charge in [-0.15, -0.1) is 11.3 Å². The molecule has 0 spiro atoms. The van der Waals surface area contributed by atoms with Crippen LogP contribution in [0.15, 0.2) is 22.1 Å². The lowest BCUT2D eigenvalue weighted by Gasteiger charge is -2.03. The van der Waals surface area contributed by atoms with Crippen molar-refractivity contribution in [2.45, 2.75) is 6.54 Å². The van der Waals surface area contributed by atoms with Crippen LogP contribution in [-0.4, -0.2) is 30.0 Å². The Labute approximate surface area is 119 Å². The second kappa shape index (κ2) is 6.47. The lowest BCUT2D eigenvalue weighted by molar-refractivity contribution is 0.199. The predicted molar refractivity (Wildman–Crippen MR) is 77.8 cm³/mol. The molecule has 0 unspecified atom stereocenters. The van der Waals surface area contributed by atoms with Crippen molar-refractivity contribution in [1.82, 2.24) is 15.1 Å². The minimum Gasteiger partial charge on any atom is -0.383 e. The number of nitrogens with zero attached hydrogens (tertiary/aromatic N) is 2. The van der Waals surface area contributed by atoms with Crippen LogP contribution in [-0.2, 0) is 18.3 Å². The molecule has 98 valence electrons. The Morgan fingerprint density at radius 1 is 1.56 bits per heavy atom. The van der Waals surface area contributed by atoms with Gasteiger partial charge in [-0.2, -0.15) is 5.10 Å². The molecule has 0 aliphatic heterocycles. The number of ether oxygens (including phenoxy) is 1. The number of aromatic nitrogens is 2. The molecule has 6 heteroatoms. The van der Waals surface area contributed by atoms with Crippen molar-refractivity contribution in [2.24, 2.45) is 7.05 Å². The molecule has 1 N–H and O–H groups in total. The third kappa shape index (κ3) is 3.20. The number of rotatable bonds is 6. The van der Waals surface area contributed by atoms with Gasteiger partial charge < -0.3 is 10.1 Å². The molecule has 0 saturated heterocycles. The predicted octanol–water partition coefficient (Wildman–Crippen LogP) is 2.65. The summed E-state index contributed by atoms with van der Waals surface area (Å²) < 4.78 is 7.98. The van der Waals surface area contributed by atoms with Gasteiger partial charge in [-0.05, 0) is 27.4 Å². The first-order valence-corrected chi connectivity index (χ1v) is 7.35. The average molecular weight is 330 g/mol. The van der Waals surface area contributed by atoms with Gasteiger partial charge >= 0.3 is 0 Å². The van der Waals surface area contributed by atoms with E-state index in [1.165, 1.54) is 10.4 Å². The van der Waals surface area contributed by atoms with E-state index in [2.05, 4.69) is 44.0 Å². The van der Waals surface area contributed by atoms with Gasteiger partial charge in [0.1, 0.15) is 5.69 Å². The van der Waals surface area contributed by atoms with E-state index in [0.717, 1.165) is 29.9 Å². The molecule has 2 heterocycles. The summed E-state index contributed by atoms with van der Waals surface area (Å²) in [5.41, 5.74) is 2.25. The minimum atomic E-state index is 0.721. The fourth-order valence-corrected chi connectivity index (χ4v) is 3.30. The van der Waals surface area contributed by atoms with Crippen LogP contribution in [0.25, 0.3) is 10.6 Å². The molecule has 2 aromatic heterocycles. The van der Waals surface area contributed by atoms with Crippen LogP contribution in [0.4, 0.5) is 0 Å². The highest BCUT2D eigenvalue weighted by molar-refractivity contribution is 9.10. The van der Waals surface area contributed by atoms with Crippen LogP contribution in [0.5, 0.6) is 0 Å². The highest BCUT2D eigenvalue weighted by atomic mass is 79.9. The molecule has 0 bridgehead atoms. The second-order valence-corrected chi connectivity index (χ2v) is 5.71. The maximum absolute atomic E-state index is 5.02. The Morgan fingerprint density at radius 3 is 3.06 bits per heavy atom. The van der Waals surface area contributed by atoms with E-state index in [1.54, 1.807) is 18.4 Å². The smallest absolute Gasteiger partial charge is 0.108 e. The van der Waals surface area contributed by atoms with E-state index in [-0.39, 0.29) is 0 Å². The van der Waals surface area contributed by atoms with Crippen molar-refractivity contribution in [2.75, 3.05) is 20.3 Å². The van der Waals surface area contributed by atoms with Crippen LogP contribution in [0.1, 0.15) is 5.56 Å². The van der Waals surface area contributed by atoms with Gasteiger partial charge in [0.15, 0.2) is 0 Å². The van der Waals surface area contributed by atoms with Crippen molar-refractivity contribution in [3.05, 3.63) is 27.7 Å². The van der Waals surface area contributed by atoms with E-state index in [4.69, 9.17) is 4.74 Å². The molecule has 0 atom stereocenters. The van der Waals surface area contributed by atoms with Crippen LogP contribution < -0.4 is 5.32 Å². The second-order valence-electron chi connectivity index (χ2n) is 3.94. The summed E-state index contributed by atoms with van der Waals surface area (Å²) in [7, 11) is 3.66. The zero-order chi connectivity index (χ0) is 13.0. The maximum atomic E-state index is 5.02. The SMILES string of the molecule is COCCNCc1cn(C)nc1-c1sccc1Br. The van der Waals surface area contributed by atoms with Gasteiger partial charge in [-0.3, -0.25) is 4.68 Å². The zero-order valence-electron chi connectivity index (χ0n) is 10.4. The molecule has 0 fully saturated rings. The van der Waals surface area contributed by atoms with Crippen LogP contribution in [0, 0.1) is 0 Å². The molecule has 0 amide bonds. The maximum Gasteiger partial charge on any atom is 0.108 e. The van der Waals surface area contributed by atoms with Gasteiger partial charge in [-0.25, -0.2) is 0 Å². The fourth-order valence-electron chi connectivity index (χ4n) is 1.72. The Morgan fingerprint density at radius 2 is 2.39 bits per heavy atom. The van der Waals surface area contributed by atoms with Crippen LogP contribution in [0.3, 0.4) is 0 Å². The van der Waals surface area contributed by atoms with Crippen molar-refractivity contribution in [3.8, 4) is 10.6 Å². The molecule has 0 aromatic carbocycles. The number of hydrogen-bond acceptors (Lipinski definition) is 4.